The molecule has 4 N–H and O–H groups in total. The zero-order chi connectivity index (χ0) is 28.2. The largest absolute Gasteiger partial charge is 0.508 e. The van der Waals surface area contributed by atoms with E-state index in [2.05, 4.69) is 10.2 Å². The number of amides is 1. The smallest absolute Gasteiger partial charge is 0.416 e. The molecule has 7 rings (SSSR count). The van der Waals surface area contributed by atoms with Crippen molar-refractivity contribution in [3.63, 3.8) is 0 Å². The number of nitrogens with zero attached hydrogens (tertiary/aromatic N) is 1. The molecule has 8 nitrogen and oxygen atoms in total. The molecule has 1 saturated carbocycles. The van der Waals surface area contributed by atoms with Crippen LogP contribution >= 0.6 is 0 Å². The fourth-order valence-corrected chi connectivity index (χ4v) is 7.53. The van der Waals surface area contributed by atoms with E-state index in [1.807, 2.05) is 6.07 Å². The van der Waals surface area contributed by atoms with Gasteiger partial charge in [-0.15, -0.1) is 0 Å². The number of hydrogen-bond acceptors (Lipinski definition) is 7. The minimum absolute atomic E-state index is 0.0975. The van der Waals surface area contributed by atoms with Crippen molar-refractivity contribution < 1.29 is 42.8 Å². The number of aliphatic hydroxyl groups is 2. The van der Waals surface area contributed by atoms with Gasteiger partial charge in [-0.05, 0) is 61.9 Å². The van der Waals surface area contributed by atoms with E-state index in [0.717, 1.165) is 37.1 Å². The molecule has 2 heterocycles. The summed E-state index contributed by atoms with van der Waals surface area (Å²) in [5.74, 6) is -0.692. The number of alkyl halides is 3. The van der Waals surface area contributed by atoms with Crippen LogP contribution in [-0.4, -0.2) is 64.1 Å². The monoisotopic (exact) mass is 558 g/mol. The average Bonchev–Trinajstić information content (AvgIpc) is 3.64. The number of aromatic hydroxyl groups is 1. The summed E-state index contributed by atoms with van der Waals surface area (Å²) in [4.78, 5) is 15.9. The molecule has 2 aromatic rings. The predicted octanol–water partition coefficient (Wildman–Crippen LogP) is 4.04. The highest BCUT2D eigenvalue weighted by molar-refractivity contribution is 6.05. The molecule has 1 spiro atoms. The molecular formula is C29H29F3N2O6. The van der Waals surface area contributed by atoms with E-state index < -0.39 is 34.8 Å². The van der Waals surface area contributed by atoms with Gasteiger partial charge in [0.2, 0.25) is 0 Å². The minimum Gasteiger partial charge on any atom is -0.508 e. The number of carbonyl (C=O) groups is 1. The average molecular weight is 559 g/mol. The molecule has 3 aliphatic carbocycles. The third-order valence-electron chi connectivity index (χ3n) is 9.52. The molecule has 0 unspecified atom stereocenters. The topological polar surface area (TPSA) is 111 Å². The number of phenols is 1. The lowest BCUT2D eigenvalue weighted by molar-refractivity contribution is -0.172. The first-order valence-corrected chi connectivity index (χ1v) is 13.4. The number of methoxy groups -OCH3 is 1. The molecule has 40 heavy (non-hydrogen) atoms. The van der Waals surface area contributed by atoms with Crippen LogP contribution in [0.15, 0.2) is 41.7 Å². The van der Waals surface area contributed by atoms with Crippen molar-refractivity contribution in [2.24, 2.45) is 5.92 Å². The molecule has 212 valence electrons. The number of rotatable bonds is 5. The number of aliphatic hydroxyl groups excluding tert-OH is 1. The Hall–Kier alpha value is -3.44. The molecule has 11 heteroatoms. The lowest BCUT2D eigenvalue weighted by atomic mass is 9.49. The quantitative estimate of drug-likeness (QED) is 0.438. The van der Waals surface area contributed by atoms with Crippen LogP contribution in [0.5, 0.6) is 17.2 Å². The Morgan fingerprint density at radius 1 is 1.23 bits per heavy atom. The molecule has 5 aliphatic rings. The summed E-state index contributed by atoms with van der Waals surface area (Å²) >= 11 is 0. The fourth-order valence-electron chi connectivity index (χ4n) is 7.53. The summed E-state index contributed by atoms with van der Waals surface area (Å²) in [6.07, 6.45) is -2.84. The Morgan fingerprint density at radius 3 is 2.70 bits per heavy atom. The van der Waals surface area contributed by atoms with Crippen LogP contribution in [0.3, 0.4) is 0 Å². The second-order valence-corrected chi connectivity index (χ2v) is 11.7. The highest BCUT2D eigenvalue weighted by Gasteiger charge is 2.73. The standard InChI is InChI=1S/C29H29F3N2O6/c1-39-18-10-16(29(30,31)32)9-17(11-18)33-26(37)19-12-28(38)21-8-15-4-5-20(35)24-22(15)27(28,25(40-24)23(19)36)6-7-34(21)13-14-2-3-14/h4-5,9-11,14,21,25,35-36,38H,2-3,6-8,12-13H2,1H3,(H,33,37)/t21-,25+,27+,28-/m1/s1. The first kappa shape index (κ1) is 25.5. The number of likely N-dealkylation sites (tertiary alicyclic amines) is 1. The van der Waals surface area contributed by atoms with Gasteiger partial charge in [-0.1, -0.05) is 6.07 Å². The van der Waals surface area contributed by atoms with Crippen molar-refractivity contribution in [1.82, 2.24) is 4.90 Å². The number of nitrogens with one attached hydrogen (secondary N) is 1. The number of ether oxygens (including phenoxy) is 2. The fraction of sp³-hybridized carbons (Fsp3) is 0.483. The van der Waals surface area contributed by atoms with Crippen molar-refractivity contribution in [1.29, 1.82) is 0 Å². The zero-order valence-electron chi connectivity index (χ0n) is 21.7. The lowest BCUT2D eigenvalue weighted by Crippen LogP contribution is -2.75. The molecule has 0 radical (unpaired) electrons. The molecule has 0 aromatic heterocycles. The van der Waals surface area contributed by atoms with Crippen molar-refractivity contribution in [2.45, 2.75) is 61.4 Å². The van der Waals surface area contributed by atoms with Gasteiger partial charge in [0.1, 0.15) is 11.5 Å². The van der Waals surface area contributed by atoms with Gasteiger partial charge in [0.15, 0.2) is 17.6 Å². The van der Waals surface area contributed by atoms with Crippen LogP contribution in [-0.2, 0) is 22.8 Å². The number of anilines is 1. The Morgan fingerprint density at radius 2 is 2.00 bits per heavy atom. The van der Waals surface area contributed by atoms with Gasteiger partial charge in [0.05, 0.1) is 29.3 Å². The second-order valence-electron chi connectivity index (χ2n) is 11.7. The number of halogens is 3. The molecule has 2 bridgehead atoms. The highest BCUT2D eigenvalue weighted by atomic mass is 19.4. The van der Waals surface area contributed by atoms with Gasteiger partial charge in [-0.25, -0.2) is 0 Å². The first-order valence-electron chi connectivity index (χ1n) is 13.4. The van der Waals surface area contributed by atoms with Crippen molar-refractivity contribution in [2.75, 3.05) is 25.5 Å². The van der Waals surface area contributed by atoms with Gasteiger partial charge in [-0.3, -0.25) is 9.69 Å². The maximum atomic E-state index is 13.6. The van der Waals surface area contributed by atoms with E-state index in [4.69, 9.17) is 9.47 Å². The van der Waals surface area contributed by atoms with Crippen LogP contribution in [0.1, 0.15) is 42.4 Å². The van der Waals surface area contributed by atoms with Crippen LogP contribution in [0.25, 0.3) is 0 Å². The number of hydrogen-bond donors (Lipinski definition) is 4. The predicted molar refractivity (Wildman–Crippen MR) is 136 cm³/mol. The Labute approximate surface area is 228 Å². The van der Waals surface area contributed by atoms with Gasteiger partial charge in [0.25, 0.3) is 5.91 Å². The number of piperidine rings is 1. The normalized spacial score (nSPS) is 30.5. The van der Waals surface area contributed by atoms with E-state index >= 15 is 0 Å². The maximum absolute atomic E-state index is 13.6. The summed E-state index contributed by atoms with van der Waals surface area (Å²) in [7, 11) is 1.22. The minimum atomic E-state index is -4.67. The number of phenolic OH excluding ortho intramolecular Hbond substituents is 1. The van der Waals surface area contributed by atoms with Crippen LogP contribution < -0.4 is 14.8 Å². The van der Waals surface area contributed by atoms with E-state index in [1.54, 1.807) is 6.07 Å². The van der Waals surface area contributed by atoms with Crippen LogP contribution in [0, 0.1) is 5.92 Å². The molecule has 1 amide bonds. The number of benzene rings is 2. The zero-order valence-corrected chi connectivity index (χ0v) is 21.7. The molecule has 1 saturated heterocycles. The molecule has 2 fully saturated rings. The lowest BCUT2D eigenvalue weighted by Gasteiger charge is -2.62. The van der Waals surface area contributed by atoms with Gasteiger partial charge in [0, 0.05) is 36.3 Å². The van der Waals surface area contributed by atoms with Gasteiger partial charge in [-0.2, -0.15) is 13.2 Å². The molecule has 4 atom stereocenters. The summed E-state index contributed by atoms with van der Waals surface area (Å²) < 4.78 is 51.6. The van der Waals surface area contributed by atoms with Crippen molar-refractivity contribution in [3.05, 3.63) is 58.4 Å². The summed E-state index contributed by atoms with van der Waals surface area (Å²) in [6, 6.07) is 5.87. The maximum Gasteiger partial charge on any atom is 0.416 e. The molecule has 2 aromatic carbocycles. The number of carbonyl (C=O) groups excluding carboxylic acids is 1. The van der Waals surface area contributed by atoms with E-state index in [1.165, 1.54) is 13.2 Å². The van der Waals surface area contributed by atoms with E-state index in [0.29, 0.717) is 30.9 Å². The van der Waals surface area contributed by atoms with Gasteiger partial charge < -0.3 is 30.1 Å². The second kappa shape index (κ2) is 8.29. The van der Waals surface area contributed by atoms with Crippen molar-refractivity contribution >= 4 is 11.6 Å². The van der Waals surface area contributed by atoms with E-state index in [-0.39, 0.29) is 46.7 Å². The van der Waals surface area contributed by atoms with Crippen LogP contribution in [0.4, 0.5) is 18.9 Å². The molecular weight excluding hydrogens is 529 g/mol. The SMILES string of the molecule is COc1cc(NC(=O)C2=C(O)[C@@H]3Oc4c(O)ccc5c4[C@@]34CCN(CC3CC3)[C@H](C5)[C@]4(O)C2)cc(C(F)(F)F)c1. The Bertz CT molecular complexity index is 1470. The van der Waals surface area contributed by atoms with Gasteiger partial charge >= 0.3 is 6.18 Å². The third kappa shape index (κ3) is 3.43. The first-order chi connectivity index (χ1) is 19.0. The summed E-state index contributed by atoms with van der Waals surface area (Å²) in [6.45, 7) is 1.48. The van der Waals surface area contributed by atoms with Crippen molar-refractivity contribution in [3.8, 4) is 17.2 Å². The third-order valence-corrected chi connectivity index (χ3v) is 9.52. The Balaban J connectivity index is 1.31. The highest BCUT2D eigenvalue weighted by Crippen LogP contribution is 2.66. The summed E-state index contributed by atoms with van der Waals surface area (Å²) in [5.41, 5.74) is -2.32. The Kier molecular flexibility index (Phi) is 5.29. The van der Waals surface area contributed by atoms with E-state index in [9.17, 15) is 33.3 Å². The van der Waals surface area contributed by atoms with Crippen LogP contribution in [0.2, 0.25) is 0 Å². The molecule has 2 aliphatic heterocycles. The summed E-state index contributed by atoms with van der Waals surface area (Å²) in [5, 5.41) is 37.3.